The van der Waals surface area contributed by atoms with Crippen LogP contribution in [0.25, 0.3) is 0 Å². The number of sulfonamides is 1. The highest BCUT2D eigenvalue weighted by atomic mass is 32.2. The Hall–Kier alpha value is -2.87. The Bertz CT molecular complexity index is 921. The van der Waals surface area contributed by atoms with Gasteiger partial charge in [-0.1, -0.05) is 6.07 Å². The average molecular weight is 376 g/mol. The molecule has 138 valence electrons. The quantitative estimate of drug-likeness (QED) is 0.755. The van der Waals surface area contributed by atoms with E-state index in [4.69, 9.17) is 4.74 Å². The van der Waals surface area contributed by atoms with Crippen molar-refractivity contribution in [3.05, 3.63) is 59.2 Å². The van der Waals surface area contributed by atoms with Gasteiger partial charge in [0.2, 0.25) is 10.0 Å². The third-order valence-electron chi connectivity index (χ3n) is 3.53. The van der Waals surface area contributed by atoms with Crippen molar-refractivity contribution in [1.29, 1.82) is 0 Å². The van der Waals surface area contributed by atoms with E-state index in [9.17, 15) is 18.0 Å². The minimum absolute atomic E-state index is 0.286. The van der Waals surface area contributed by atoms with Gasteiger partial charge in [0, 0.05) is 11.3 Å². The van der Waals surface area contributed by atoms with Gasteiger partial charge < -0.3 is 10.1 Å². The number of benzene rings is 2. The fourth-order valence-electron chi connectivity index (χ4n) is 2.29. The van der Waals surface area contributed by atoms with Crippen molar-refractivity contribution in [1.82, 2.24) is 0 Å². The van der Waals surface area contributed by atoms with Gasteiger partial charge in [-0.05, 0) is 55.8 Å². The van der Waals surface area contributed by atoms with Gasteiger partial charge >= 0.3 is 5.97 Å². The highest BCUT2D eigenvalue weighted by molar-refractivity contribution is 7.92. The maximum atomic E-state index is 12.5. The lowest BCUT2D eigenvalue weighted by Crippen LogP contribution is -2.16. The molecule has 0 spiro atoms. The third kappa shape index (κ3) is 5.06. The van der Waals surface area contributed by atoms with E-state index in [0.717, 1.165) is 6.26 Å². The molecule has 2 rings (SSSR count). The number of anilines is 2. The van der Waals surface area contributed by atoms with Crippen LogP contribution in [0.15, 0.2) is 42.5 Å². The molecule has 0 aromatic heterocycles. The first-order valence-electron chi connectivity index (χ1n) is 7.87. The van der Waals surface area contributed by atoms with Crippen molar-refractivity contribution in [2.45, 2.75) is 13.8 Å². The Morgan fingerprint density at radius 2 is 1.73 bits per heavy atom. The molecule has 1 amide bonds. The molecule has 0 fully saturated rings. The fraction of sp³-hybridized carbons (Fsp3) is 0.222. The first-order chi connectivity index (χ1) is 12.2. The molecule has 0 atom stereocenters. The summed E-state index contributed by atoms with van der Waals surface area (Å²) in [5, 5.41) is 2.72. The lowest BCUT2D eigenvalue weighted by atomic mass is 10.1. The Labute approximate surface area is 152 Å². The average Bonchev–Trinajstić information content (AvgIpc) is 2.56. The van der Waals surface area contributed by atoms with Crippen LogP contribution < -0.4 is 10.0 Å². The van der Waals surface area contributed by atoms with Gasteiger partial charge in [0.1, 0.15) is 0 Å². The molecule has 2 aromatic carbocycles. The van der Waals surface area contributed by atoms with E-state index < -0.39 is 16.0 Å². The first kappa shape index (κ1) is 19.5. The Kier molecular flexibility index (Phi) is 5.99. The van der Waals surface area contributed by atoms with Gasteiger partial charge in [0.05, 0.1) is 24.1 Å². The molecule has 0 heterocycles. The molecule has 7 nitrogen and oxygen atoms in total. The highest BCUT2D eigenvalue weighted by Gasteiger charge is 2.14. The smallest absolute Gasteiger partial charge is 0.338 e. The Morgan fingerprint density at radius 1 is 1.08 bits per heavy atom. The van der Waals surface area contributed by atoms with E-state index in [1.165, 1.54) is 0 Å². The number of nitrogens with one attached hydrogen (secondary N) is 2. The molecule has 0 saturated carbocycles. The number of rotatable bonds is 6. The minimum Gasteiger partial charge on any atom is -0.462 e. The first-order valence-corrected chi connectivity index (χ1v) is 9.76. The van der Waals surface area contributed by atoms with E-state index in [2.05, 4.69) is 10.0 Å². The van der Waals surface area contributed by atoms with Crippen molar-refractivity contribution in [2.24, 2.45) is 0 Å². The van der Waals surface area contributed by atoms with Crippen LogP contribution in [0.4, 0.5) is 11.4 Å². The number of hydrogen-bond acceptors (Lipinski definition) is 5. The van der Waals surface area contributed by atoms with E-state index in [1.807, 2.05) is 0 Å². The van der Waals surface area contributed by atoms with Gasteiger partial charge in [-0.15, -0.1) is 0 Å². The third-order valence-corrected chi connectivity index (χ3v) is 4.12. The molecule has 0 bridgehead atoms. The van der Waals surface area contributed by atoms with Crippen LogP contribution in [0.3, 0.4) is 0 Å². The molecule has 0 aliphatic rings. The number of amides is 1. The van der Waals surface area contributed by atoms with Crippen molar-refractivity contribution < 1.29 is 22.7 Å². The summed E-state index contributed by atoms with van der Waals surface area (Å²) in [4.78, 5) is 24.1. The topological polar surface area (TPSA) is 102 Å². The Balaban J connectivity index is 2.17. The summed E-state index contributed by atoms with van der Waals surface area (Å²) in [7, 11) is -3.44. The van der Waals surface area contributed by atoms with Gasteiger partial charge in [-0.25, -0.2) is 13.2 Å². The zero-order chi connectivity index (χ0) is 19.3. The fourth-order valence-corrected chi connectivity index (χ4v) is 2.92. The lowest BCUT2D eigenvalue weighted by molar-refractivity contribution is 0.0526. The van der Waals surface area contributed by atoms with Gasteiger partial charge in [-0.2, -0.15) is 0 Å². The lowest BCUT2D eigenvalue weighted by Gasteiger charge is -2.12. The molecule has 0 aliphatic carbocycles. The van der Waals surface area contributed by atoms with Crippen molar-refractivity contribution in [3.8, 4) is 0 Å². The second kappa shape index (κ2) is 8.01. The van der Waals surface area contributed by atoms with Crippen LogP contribution in [0.1, 0.15) is 33.2 Å². The summed E-state index contributed by atoms with van der Waals surface area (Å²) < 4.78 is 30.1. The summed E-state index contributed by atoms with van der Waals surface area (Å²) in [6.45, 7) is 3.67. The number of carbonyl (C=O) groups is 2. The standard InChI is InChI=1S/C18H20N2O5S/c1-4-25-18(22)13-8-10-14(11-9-13)19-17(21)15-6-5-7-16(12(15)2)20-26(3,23)24/h5-11,20H,4H2,1-3H3,(H,19,21). The summed E-state index contributed by atoms with van der Waals surface area (Å²) >= 11 is 0. The van der Waals surface area contributed by atoms with Crippen LogP contribution >= 0.6 is 0 Å². The predicted molar refractivity (Wildman–Crippen MR) is 100.0 cm³/mol. The summed E-state index contributed by atoms with van der Waals surface area (Å²) in [6, 6.07) is 11.1. The van der Waals surface area contributed by atoms with E-state index in [1.54, 1.807) is 56.3 Å². The molecule has 2 N–H and O–H groups in total. The van der Waals surface area contributed by atoms with Crippen LogP contribution in [0.5, 0.6) is 0 Å². The van der Waals surface area contributed by atoms with E-state index >= 15 is 0 Å². The van der Waals surface area contributed by atoms with Gasteiger partial charge in [0.15, 0.2) is 0 Å². The second-order valence-corrected chi connectivity index (χ2v) is 7.35. The van der Waals surface area contributed by atoms with Crippen LogP contribution in [0, 0.1) is 6.92 Å². The van der Waals surface area contributed by atoms with Crippen molar-refractivity contribution in [3.63, 3.8) is 0 Å². The second-order valence-electron chi connectivity index (χ2n) is 5.60. The van der Waals surface area contributed by atoms with E-state index in [-0.39, 0.29) is 12.5 Å². The Morgan fingerprint density at radius 3 is 2.31 bits per heavy atom. The molecule has 8 heteroatoms. The molecule has 0 aliphatic heterocycles. The molecule has 26 heavy (non-hydrogen) atoms. The molecular weight excluding hydrogens is 356 g/mol. The zero-order valence-electron chi connectivity index (χ0n) is 14.7. The monoisotopic (exact) mass is 376 g/mol. The molecule has 2 aromatic rings. The van der Waals surface area contributed by atoms with Crippen LogP contribution in [0.2, 0.25) is 0 Å². The maximum Gasteiger partial charge on any atom is 0.338 e. The molecule has 0 radical (unpaired) electrons. The van der Waals surface area contributed by atoms with Gasteiger partial charge in [0.25, 0.3) is 5.91 Å². The summed E-state index contributed by atoms with van der Waals surface area (Å²) in [5.74, 6) is -0.815. The maximum absolute atomic E-state index is 12.5. The zero-order valence-corrected chi connectivity index (χ0v) is 15.5. The number of ether oxygens (including phenoxy) is 1. The number of hydrogen-bond donors (Lipinski definition) is 2. The highest BCUT2D eigenvalue weighted by Crippen LogP contribution is 2.21. The van der Waals surface area contributed by atoms with Crippen molar-refractivity contribution in [2.75, 3.05) is 22.9 Å². The van der Waals surface area contributed by atoms with E-state index in [0.29, 0.717) is 28.1 Å². The van der Waals surface area contributed by atoms with Crippen molar-refractivity contribution >= 4 is 33.3 Å². The van der Waals surface area contributed by atoms with Crippen LogP contribution in [-0.2, 0) is 14.8 Å². The number of esters is 1. The normalized spacial score (nSPS) is 10.9. The molecular formula is C18H20N2O5S. The van der Waals surface area contributed by atoms with Gasteiger partial charge in [-0.3, -0.25) is 9.52 Å². The largest absolute Gasteiger partial charge is 0.462 e. The summed E-state index contributed by atoms with van der Waals surface area (Å²) in [6.07, 6.45) is 1.05. The minimum atomic E-state index is -3.44. The molecule has 0 saturated heterocycles. The molecule has 0 unspecified atom stereocenters. The summed E-state index contributed by atoms with van der Waals surface area (Å²) in [5.41, 5.74) is 2.09. The predicted octanol–water partition coefficient (Wildman–Crippen LogP) is 2.80. The van der Waals surface area contributed by atoms with Crippen LogP contribution in [-0.4, -0.2) is 33.2 Å². The SMILES string of the molecule is CCOC(=O)c1ccc(NC(=O)c2cccc(NS(C)(=O)=O)c2C)cc1. The number of carbonyl (C=O) groups excluding carboxylic acids is 2.